The van der Waals surface area contributed by atoms with Gasteiger partial charge in [-0.3, -0.25) is 0 Å². The summed E-state index contributed by atoms with van der Waals surface area (Å²) in [6.45, 7) is 0. The third kappa shape index (κ3) is 2.15. The Morgan fingerprint density at radius 3 is 2.80 bits per heavy atom. The van der Waals surface area contributed by atoms with E-state index in [4.69, 9.17) is 16.9 Å². The molecule has 0 aliphatic carbocycles. The summed E-state index contributed by atoms with van der Waals surface area (Å²) >= 11 is 5.94. The fourth-order valence-corrected chi connectivity index (χ4v) is 5.49. The molecule has 2 atom stereocenters. The molecule has 1 aromatic rings. The summed E-state index contributed by atoms with van der Waals surface area (Å²) in [5.41, 5.74) is 2.38. The fourth-order valence-electron chi connectivity index (χ4n) is 3.08. The highest BCUT2D eigenvalue weighted by molar-refractivity contribution is 7.93. The van der Waals surface area contributed by atoms with Gasteiger partial charge >= 0.3 is 0 Å². The van der Waals surface area contributed by atoms with Gasteiger partial charge in [0.05, 0.1) is 21.1 Å². The zero-order chi connectivity index (χ0) is 14.3. The maximum Gasteiger partial charge on any atom is 0.159 e. The molecule has 2 unspecified atom stereocenters. The van der Waals surface area contributed by atoms with Gasteiger partial charge in [-0.1, -0.05) is 30.2 Å². The highest BCUT2D eigenvalue weighted by Crippen LogP contribution is 2.39. The molecular formula is C15H14ClNO2S. The Balaban J connectivity index is 2.04. The van der Waals surface area contributed by atoms with Crippen molar-refractivity contribution in [1.82, 2.24) is 0 Å². The minimum absolute atomic E-state index is 0.262. The summed E-state index contributed by atoms with van der Waals surface area (Å²) in [6.07, 6.45) is 4.85. The van der Waals surface area contributed by atoms with Gasteiger partial charge in [0.2, 0.25) is 0 Å². The second kappa shape index (κ2) is 4.91. The second-order valence-electron chi connectivity index (χ2n) is 5.38. The number of nitriles is 1. The highest BCUT2D eigenvalue weighted by atomic mass is 35.5. The van der Waals surface area contributed by atoms with Crippen LogP contribution in [0.5, 0.6) is 0 Å². The normalized spacial score (nSPS) is 27.5. The molecule has 0 saturated carbocycles. The number of hydrogen-bond donors (Lipinski definition) is 0. The van der Waals surface area contributed by atoms with Gasteiger partial charge in [0, 0.05) is 0 Å². The van der Waals surface area contributed by atoms with Gasteiger partial charge in [-0.15, -0.1) is 0 Å². The van der Waals surface area contributed by atoms with Crippen molar-refractivity contribution in [3.8, 4) is 6.07 Å². The van der Waals surface area contributed by atoms with Crippen LogP contribution in [-0.2, 0) is 9.84 Å². The minimum atomic E-state index is -3.00. The molecule has 20 heavy (non-hydrogen) atoms. The van der Waals surface area contributed by atoms with Crippen LogP contribution in [-0.4, -0.2) is 18.9 Å². The van der Waals surface area contributed by atoms with Gasteiger partial charge < -0.3 is 0 Å². The van der Waals surface area contributed by atoms with Crippen LogP contribution in [0.25, 0.3) is 5.57 Å². The Labute approximate surface area is 123 Å². The van der Waals surface area contributed by atoms with E-state index in [0.29, 0.717) is 23.4 Å². The fraction of sp³-hybridized carbons (Fsp3) is 0.400. The van der Waals surface area contributed by atoms with Crippen LogP contribution in [0.2, 0.25) is 5.02 Å². The van der Waals surface area contributed by atoms with Gasteiger partial charge in [-0.25, -0.2) is 8.42 Å². The third-order valence-electron chi connectivity index (χ3n) is 4.19. The van der Waals surface area contributed by atoms with E-state index in [1.807, 2.05) is 12.1 Å². The molecule has 0 aromatic heterocycles. The van der Waals surface area contributed by atoms with E-state index in [1.54, 1.807) is 12.1 Å². The first kappa shape index (κ1) is 13.7. The van der Waals surface area contributed by atoms with Crippen LogP contribution in [0.3, 0.4) is 0 Å². The van der Waals surface area contributed by atoms with Gasteiger partial charge in [0.25, 0.3) is 0 Å². The summed E-state index contributed by atoms with van der Waals surface area (Å²) in [4.78, 5) is 0. The van der Waals surface area contributed by atoms with Crippen molar-refractivity contribution in [2.75, 3.05) is 0 Å². The maximum absolute atomic E-state index is 12.2. The van der Waals surface area contributed by atoms with Crippen LogP contribution in [0.15, 0.2) is 24.3 Å². The molecule has 0 amide bonds. The molecule has 2 heterocycles. The van der Waals surface area contributed by atoms with Gasteiger partial charge in [-0.2, -0.15) is 5.26 Å². The molecule has 0 radical (unpaired) electrons. The standard InChI is InChI=1S/C15H14ClNO2S/c16-15-5-4-10(6-12(15)9-17)11-7-13-2-1-3-14(8-11)20(13,18)19/h4-7,13-14H,1-3,8H2. The van der Waals surface area contributed by atoms with Gasteiger partial charge in [-0.05, 0) is 42.5 Å². The van der Waals surface area contributed by atoms with E-state index in [1.165, 1.54) is 0 Å². The Hall–Kier alpha value is -1.31. The topological polar surface area (TPSA) is 57.9 Å². The predicted molar refractivity (Wildman–Crippen MR) is 79.1 cm³/mol. The smallest absolute Gasteiger partial charge is 0.159 e. The zero-order valence-corrected chi connectivity index (χ0v) is 12.4. The van der Waals surface area contributed by atoms with Crippen molar-refractivity contribution in [1.29, 1.82) is 5.26 Å². The minimum Gasteiger partial charge on any atom is -0.228 e. The van der Waals surface area contributed by atoms with E-state index in [9.17, 15) is 8.42 Å². The summed E-state index contributed by atoms with van der Waals surface area (Å²) in [5.74, 6) is 0. The molecular weight excluding hydrogens is 294 g/mol. The van der Waals surface area contributed by atoms with Gasteiger partial charge in [0.1, 0.15) is 6.07 Å². The number of sulfone groups is 1. The maximum atomic E-state index is 12.2. The number of nitrogens with zero attached hydrogens (tertiary/aromatic N) is 1. The van der Waals surface area contributed by atoms with Crippen LogP contribution >= 0.6 is 11.6 Å². The Kier molecular flexibility index (Phi) is 3.35. The van der Waals surface area contributed by atoms with Crippen molar-refractivity contribution in [2.24, 2.45) is 0 Å². The van der Waals surface area contributed by atoms with E-state index in [0.717, 1.165) is 24.0 Å². The van der Waals surface area contributed by atoms with Crippen LogP contribution in [0.1, 0.15) is 36.8 Å². The lowest BCUT2D eigenvalue weighted by Crippen LogP contribution is -2.38. The Morgan fingerprint density at radius 1 is 1.30 bits per heavy atom. The van der Waals surface area contributed by atoms with Crippen molar-refractivity contribution < 1.29 is 8.42 Å². The zero-order valence-electron chi connectivity index (χ0n) is 10.8. The average molecular weight is 308 g/mol. The number of halogens is 1. The molecule has 0 N–H and O–H groups in total. The van der Waals surface area contributed by atoms with Crippen molar-refractivity contribution in [3.05, 3.63) is 40.4 Å². The molecule has 1 saturated heterocycles. The summed E-state index contributed by atoms with van der Waals surface area (Å²) < 4.78 is 24.5. The molecule has 1 fully saturated rings. The lowest BCUT2D eigenvalue weighted by molar-refractivity contribution is 0.518. The third-order valence-corrected chi connectivity index (χ3v) is 7.07. The summed E-state index contributed by atoms with van der Waals surface area (Å²) in [6, 6.07) is 7.38. The van der Waals surface area contributed by atoms with E-state index in [2.05, 4.69) is 6.07 Å². The van der Waals surface area contributed by atoms with E-state index >= 15 is 0 Å². The average Bonchev–Trinajstić information content (AvgIpc) is 2.38. The van der Waals surface area contributed by atoms with E-state index in [-0.39, 0.29) is 10.5 Å². The largest absolute Gasteiger partial charge is 0.228 e. The first-order valence-corrected chi connectivity index (χ1v) is 8.64. The molecule has 2 aliphatic rings. The summed E-state index contributed by atoms with van der Waals surface area (Å²) in [5, 5.41) is 8.85. The SMILES string of the molecule is N#Cc1cc(C2=CC3CCCC(C2)S3(=O)=O)ccc1Cl. The number of hydrogen-bond acceptors (Lipinski definition) is 3. The summed E-state index contributed by atoms with van der Waals surface area (Å²) in [7, 11) is -3.00. The number of fused-ring (bicyclic) bond motifs is 2. The molecule has 0 spiro atoms. The molecule has 5 heteroatoms. The number of rotatable bonds is 1. The highest BCUT2D eigenvalue weighted by Gasteiger charge is 2.40. The lowest BCUT2D eigenvalue weighted by atomic mass is 9.92. The number of benzene rings is 1. The Bertz CT molecular complexity index is 731. The van der Waals surface area contributed by atoms with Crippen molar-refractivity contribution >= 4 is 27.0 Å². The first-order chi connectivity index (χ1) is 9.52. The second-order valence-corrected chi connectivity index (χ2v) is 8.24. The molecule has 2 bridgehead atoms. The Morgan fingerprint density at radius 2 is 2.10 bits per heavy atom. The molecule has 104 valence electrons. The van der Waals surface area contributed by atoms with Crippen LogP contribution in [0.4, 0.5) is 0 Å². The van der Waals surface area contributed by atoms with Crippen LogP contribution in [0, 0.1) is 11.3 Å². The lowest BCUT2D eigenvalue weighted by Gasteiger charge is -2.33. The quantitative estimate of drug-likeness (QED) is 0.799. The molecule has 2 aliphatic heterocycles. The van der Waals surface area contributed by atoms with Crippen LogP contribution < -0.4 is 0 Å². The molecule has 1 aromatic carbocycles. The van der Waals surface area contributed by atoms with Crippen molar-refractivity contribution in [3.63, 3.8) is 0 Å². The predicted octanol–water partition coefficient (Wildman–Crippen LogP) is 3.33. The van der Waals surface area contributed by atoms with Crippen molar-refractivity contribution in [2.45, 2.75) is 36.2 Å². The van der Waals surface area contributed by atoms with Gasteiger partial charge in [0.15, 0.2) is 9.84 Å². The number of allylic oxidation sites excluding steroid dienone is 1. The van der Waals surface area contributed by atoms with E-state index < -0.39 is 9.84 Å². The monoisotopic (exact) mass is 307 g/mol. The first-order valence-electron chi connectivity index (χ1n) is 6.66. The molecule has 3 nitrogen and oxygen atoms in total. The molecule has 3 rings (SSSR count).